The normalized spacial score (nSPS) is 9.85. The molecule has 1 rings (SSSR count). The summed E-state index contributed by atoms with van der Waals surface area (Å²) in [5.74, 6) is -0.517. The molecule has 0 saturated heterocycles. The van der Waals surface area contributed by atoms with Crippen LogP contribution >= 0.6 is 0 Å². The van der Waals surface area contributed by atoms with Crippen LogP contribution in [-0.4, -0.2) is 22.5 Å². The van der Waals surface area contributed by atoms with E-state index in [1.807, 2.05) is 0 Å². The molecule has 13 heavy (non-hydrogen) atoms. The molecule has 1 amide bonds. The van der Waals surface area contributed by atoms with Crippen LogP contribution in [0.3, 0.4) is 0 Å². The minimum atomic E-state index is -0.517. The van der Waals surface area contributed by atoms with Crippen molar-refractivity contribution in [3.63, 3.8) is 0 Å². The fourth-order valence-corrected chi connectivity index (χ4v) is 0.678. The molecule has 1 heterocycles. The van der Waals surface area contributed by atoms with Crippen molar-refractivity contribution in [1.82, 2.24) is 15.4 Å². The second kappa shape index (κ2) is 5.18. The number of primary amides is 1. The van der Waals surface area contributed by atoms with Crippen LogP contribution in [0.1, 0.15) is 5.56 Å². The average Bonchev–Trinajstić information content (AvgIpc) is 2.14. The summed E-state index contributed by atoms with van der Waals surface area (Å²) in [4.78, 5) is 22.6. The van der Waals surface area contributed by atoms with E-state index in [4.69, 9.17) is 10.6 Å². The number of carbonyl (C=O) groups excluding carboxylic acids is 1. The van der Waals surface area contributed by atoms with Crippen LogP contribution in [0.25, 0.3) is 0 Å². The fourth-order valence-electron chi connectivity index (χ4n) is 0.678. The van der Waals surface area contributed by atoms with Gasteiger partial charge in [-0.15, -0.1) is 0 Å². The Kier molecular flexibility index (Phi) is 3.80. The number of hydrogen-bond donors (Lipinski definition) is 2. The summed E-state index contributed by atoms with van der Waals surface area (Å²) >= 11 is 0. The number of nitrogens with two attached hydrogens (primary N) is 1. The molecule has 0 aliphatic carbocycles. The second-order valence-electron chi connectivity index (χ2n) is 2.32. The molecule has 1 aromatic heterocycles. The molecule has 0 aliphatic heterocycles. The first kappa shape index (κ1) is 9.56. The summed E-state index contributed by atoms with van der Waals surface area (Å²) in [7, 11) is 0. The maximum atomic E-state index is 10.2. The van der Waals surface area contributed by atoms with E-state index in [9.17, 15) is 4.79 Å². The standard InChI is InChI=1S/C7H10N4O2/c8-7(12)4-13-11-3-6-1-9-5-10-2-6/h1-2,5,11H,3-4H2,(H2,8,12). The molecule has 1 aromatic rings. The maximum absolute atomic E-state index is 10.2. The molecule has 0 fully saturated rings. The zero-order valence-electron chi connectivity index (χ0n) is 6.93. The lowest BCUT2D eigenvalue weighted by molar-refractivity contribution is -0.125. The van der Waals surface area contributed by atoms with Crippen molar-refractivity contribution in [3.05, 3.63) is 24.3 Å². The Balaban J connectivity index is 2.17. The monoisotopic (exact) mass is 182 g/mol. The minimum Gasteiger partial charge on any atom is -0.368 e. The third-order valence-electron chi connectivity index (χ3n) is 1.21. The number of nitrogens with zero attached hydrogens (tertiary/aromatic N) is 2. The van der Waals surface area contributed by atoms with Gasteiger partial charge in [0.1, 0.15) is 12.9 Å². The molecule has 0 aromatic carbocycles. The third kappa shape index (κ3) is 4.14. The van der Waals surface area contributed by atoms with Gasteiger partial charge in [-0.1, -0.05) is 0 Å². The number of rotatable bonds is 5. The van der Waals surface area contributed by atoms with Gasteiger partial charge in [0.25, 0.3) is 0 Å². The van der Waals surface area contributed by atoms with Crippen molar-refractivity contribution in [2.24, 2.45) is 5.73 Å². The van der Waals surface area contributed by atoms with E-state index < -0.39 is 5.91 Å². The van der Waals surface area contributed by atoms with Gasteiger partial charge >= 0.3 is 0 Å². The average molecular weight is 182 g/mol. The van der Waals surface area contributed by atoms with Crippen LogP contribution in [0.4, 0.5) is 0 Å². The molecule has 0 atom stereocenters. The van der Waals surface area contributed by atoms with E-state index >= 15 is 0 Å². The van der Waals surface area contributed by atoms with Gasteiger partial charge in [0.2, 0.25) is 5.91 Å². The van der Waals surface area contributed by atoms with E-state index in [0.29, 0.717) is 6.54 Å². The Morgan fingerprint density at radius 3 is 2.85 bits per heavy atom. The highest BCUT2D eigenvalue weighted by molar-refractivity contribution is 5.74. The van der Waals surface area contributed by atoms with Crippen molar-refractivity contribution in [2.45, 2.75) is 6.54 Å². The highest BCUT2D eigenvalue weighted by Gasteiger charge is 1.94. The van der Waals surface area contributed by atoms with Crippen molar-refractivity contribution >= 4 is 5.91 Å². The summed E-state index contributed by atoms with van der Waals surface area (Å²) in [6.07, 6.45) is 4.73. The van der Waals surface area contributed by atoms with E-state index in [2.05, 4.69) is 15.4 Å². The first-order valence-electron chi connectivity index (χ1n) is 3.66. The Morgan fingerprint density at radius 1 is 1.54 bits per heavy atom. The quantitative estimate of drug-likeness (QED) is 0.449. The first-order valence-corrected chi connectivity index (χ1v) is 3.66. The second-order valence-corrected chi connectivity index (χ2v) is 2.32. The van der Waals surface area contributed by atoms with Crippen LogP contribution in [0, 0.1) is 0 Å². The van der Waals surface area contributed by atoms with Gasteiger partial charge in [0, 0.05) is 24.5 Å². The number of amides is 1. The predicted molar refractivity (Wildman–Crippen MR) is 44.0 cm³/mol. The van der Waals surface area contributed by atoms with E-state index in [1.165, 1.54) is 6.33 Å². The SMILES string of the molecule is NC(=O)CONCc1cncnc1. The zero-order chi connectivity index (χ0) is 9.52. The summed E-state index contributed by atoms with van der Waals surface area (Å²) in [5.41, 5.74) is 8.26. The van der Waals surface area contributed by atoms with Crippen molar-refractivity contribution in [1.29, 1.82) is 0 Å². The first-order chi connectivity index (χ1) is 6.29. The molecule has 0 radical (unpaired) electrons. The fraction of sp³-hybridized carbons (Fsp3) is 0.286. The Labute approximate surface area is 75.1 Å². The summed E-state index contributed by atoms with van der Waals surface area (Å²) < 4.78 is 0. The maximum Gasteiger partial charge on any atom is 0.245 e. The van der Waals surface area contributed by atoms with E-state index in [1.54, 1.807) is 12.4 Å². The molecule has 70 valence electrons. The zero-order valence-corrected chi connectivity index (χ0v) is 6.93. The molecule has 0 saturated carbocycles. The number of hydroxylamine groups is 1. The van der Waals surface area contributed by atoms with Gasteiger partial charge in [0.05, 0.1) is 0 Å². The summed E-state index contributed by atoms with van der Waals surface area (Å²) in [6.45, 7) is 0.293. The smallest absolute Gasteiger partial charge is 0.245 e. The van der Waals surface area contributed by atoms with Crippen LogP contribution < -0.4 is 11.2 Å². The lowest BCUT2D eigenvalue weighted by Crippen LogP contribution is -2.24. The van der Waals surface area contributed by atoms with Gasteiger partial charge < -0.3 is 5.73 Å². The Bertz CT molecular complexity index is 264. The number of nitrogens with one attached hydrogen (secondary N) is 1. The summed E-state index contributed by atoms with van der Waals surface area (Å²) in [5, 5.41) is 0. The van der Waals surface area contributed by atoms with E-state index in [0.717, 1.165) is 5.56 Å². The third-order valence-corrected chi connectivity index (χ3v) is 1.21. The van der Waals surface area contributed by atoms with Gasteiger partial charge in [-0.05, 0) is 0 Å². The molecule has 0 unspecified atom stereocenters. The van der Waals surface area contributed by atoms with Gasteiger partial charge in [-0.3, -0.25) is 9.63 Å². The Hall–Kier alpha value is -1.53. The highest BCUT2D eigenvalue weighted by atomic mass is 16.6. The molecule has 0 spiro atoms. The van der Waals surface area contributed by atoms with E-state index in [-0.39, 0.29) is 6.61 Å². The van der Waals surface area contributed by atoms with Crippen LogP contribution in [0.2, 0.25) is 0 Å². The number of aromatic nitrogens is 2. The van der Waals surface area contributed by atoms with Crippen LogP contribution in [0.15, 0.2) is 18.7 Å². The van der Waals surface area contributed by atoms with Crippen LogP contribution in [-0.2, 0) is 16.2 Å². The van der Waals surface area contributed by atoms with Crippen molar-refractivity contribution in [2.75, 3.05) is 6.61 Å². The molecular formula is C7H10N4O2. The molecular weight excluding hydrogens is 172 g/mol. The number of hydrogen-bond acceptors (Lipinski definition) is 5. The lowest BCUT2D eigenvalue weighted by Gasteiger charge is -2.02. The lowest BCUT2D eigenvalue weighted by atomic mass is 10.3. The summed E-state index contributed by atoms with van der Waals surface area (Å²) in [6, 6.07) is 0. The van der Waals surface area contributed by atoms with Gasteiger partial charge in [-0.25, -0.2) is 9.97 Å². The molecule has 6 heteroatoms. The molecule has 6 nitrogen and oxygen atoms in total. The topological polar surface area (TPSA) is 90.1 Å². The Morgan fingerprint density at radius 2 is 2.23 bits per heavy atom. The highest BCUT2D eigenvalue weighted by Crippen LogP contribution is 1.90. The van der Waals surface area contributed by atoms with Crippen molar-refractivity contribution in [3.8, 4) is 0 Å². The molecule has 0 aliphatic rings. The molecule has 3 N–H and O–H groups in total. The number of carbonyl (C=O) groups is 1. The van der Waals surface area contributed by atoms with Crippen molar-refractivity contribution < 1.29 is 9.63 Å². The van der Waals surface area contributed by atoms with Crippen LogP contribution in [0.5, 0.6) is 0 Å². The van der Waals surface area contributed by atoms with Gasteiger partial charge in [-0.2, -0.15) is 5.48 Å². The minimum absolute atomic E-state index is 0.145. The molecule has 0 bridgehead atoms. The predicted octanol–water partition coefficient (Wildman–Crippen LogP) is -1.02. The largest absolute Gasteiger partial charge is 0.368 e. The van der Waals surface area contributed by atoms with Gasteiger partial charge in [0.15, 0.2) is 0 Å².